The molecule has 0 heterocycles. The molecule has 0 saturated carbocycles. The van der Waals surface area contributed by atoms with Gasteiger partial charge in [-0.2, -0.15) is 0 Å². The van der Waals surface area contributed by atoms with E-state index in [2.05, 4.69) is 0 Å². The van der Waals surface area contributed by atoms with Gasteiger partial charge in [0.15, 0.2) is 0 Å². The van der Waals surface area contributed by atoms with Crippen molar-refractivity contribution in [1.29, 1.82) is 0 Å². The summed E-state index contributed by atoms with van der Waals surface area (Å²) in [5, 5.41) is 9.00. The summed E-state index contributed by atoms with van der Waals surface area (Å²) >= 11 is 0. The Morgan fingerprint density at radius 1 is 1.60 bits per heavy atom. The average molecular weight is 105 g/mol. The van der Waals surface area contributed by atoms with Crippen molar-refractivity contribution in [2.75, 3.05) is 0 Å². The first-order valence-electron chi connectivity index (χ1n) is 0.365. The average Bonchev–Trinajstić information content (AvgIpc) is 0.918. The van der Waals surface area contributed by atoms with Crippen LogP contribution < -0.4 is 29.6 Å². The second kappa shape index (κ2) is 22.4. The number of rotatable bonds is 0. The van der Waals surface area contributed by atoms with Gasteiger partial charge in [0.05, 0.1) is 0 Å². The van der Waals surface area contributed by atoms with Crippen molar-refractivity contribution in [3.63, 3.8) is 0 Å². The van der Waals surface area contributed by atoms with Crippen molar-refractivity contribution in [2.24, 2.45) is 5.34 Å². The zero-order chi connectivity index (χ0) is 2.71. The molecule has 5 heteroatoms. The Balaban J connectivity index is -0.0000000200. The van der Waals surface area contributed by atoms with Crippen LogP contribution in [-0.2, 0) is 0 Å². The predicted octanol–water partition coefficient (Wildman–Crippen LogP) is -2.32. The van der Waals surface area contributed by atoms with Crippen molar-refractivity contribution in [3.05, 3.63) is 10.1 Å². The van der Waals surface area contributed by atoms with Crippen LogP contribution >= 0.6 is 12.4 Å². The summed E-state index contributed by atoms with van der Waals surface area (Å²) in [5.41, 5.74) is 0. The van der Waals surface area contributed by atoms with E-state index in [1.54, 1.807) is 0 Å². The van der Waals surface area contributed by atoms with Crippen LogP contribution in [0.3, 0.4) is 0 Å². The Labute approximate surface area is 57.4 Å². The van der Waals surface area contributed by atoms with Crippen LogP contribution in [0, 0.1) is 10.1 Å². The molecule has 26 valence electrons. The van der Waals surface area contributed by atoms with Crippen LogP contribution in [0.25, 0.3) is 0 Å². The van der Waals surface area contributed by atoms with Crippen LogP contribution in [0.2, 0.25) is 0 Å². The Kier molecular flexibility index (Phi) is 77.3. The van der Waals surface area contributed by atoms with Crippen molar-refractivity contribution < 1.29 is 29.6 Å². The van der Waals surface area contributed by atoms with Crippen molar-refractivity contribution >= 4 is 12.4 Å². The smallest absolute Gasteiger partial charge is 0.444 e. The summed E-state index contributed by atoms with van der Waals surface area (Å²) in [7, 11) is 0. The van der Waals surface area contributed by atoms with E-state index >= 15 is 0 Å². The van der Waals surface area contributed by atoms with E-state index < -0.39 is 0 Å². The van der Waals surface area contributed by atoms with Gasteiger partial charge in [0.25, 0.3) is 0 Å². The molecule has 0 amide bonds. The zero-order valence-electron chi connectivity index (χ0n) is 2.67. The summed E-state index contributed by atoms with van der Waals surface area (Å²) in [6.45, 7) is 0. The largest absolute Gasteiger partial charge is 1.00 e. The molecule has 0 N–H and O–H groups in total. The fraction of sp³-hybridized carbons (Fsp3) is 0. The maximum absolute atomic E-state index is 8.00. The third-order valence-corrected chi connectivity index (χ3v) is 0. The first-order chi connectivity index (χ1) is 1.41. The van der Waals surface area contributed by atoms with Gasteiger partial charge in [-0.05, 0) is 0 Å². The van der Waals surface area contributed by atoms with E-state index in [0.717, 1.165) is 5.34 Å². The molecule has 0 radical (unpaired) electrons. The fourth-order valence-electron chi connectivity index (χ4n) is 0. The summed E-state index contributed by atoms with van der Waals surface area (Å²) in [4.78, 5) is 8.00. The van der Waals surface area contributed by atoms with E-state index in [1.165, 1.54) is 0 Å². The Hall–Kier alpha value is 0.690. The van der Waals surface area contributed by atoms with Crippen LogP contribution in [0.4, 0.5) is 0 Å². The molecule has 0 aromatic carbocycles. The first kappa shape index (κ1) is 17.3. The molecule has 0 aromatic heterocycles. The molecule has 0 rings (SSSR count). The first-order valence-corrected chi connectivity index (χ1v) is 0.365. The summed E-state index contributed by atoms with van der Waals surface area (Å²) in [6.07, 6.45) is 0. The van der Waals surface area contributed by atoms with Crippen molar-refractivity contribution in [3.8, 4) is 0 Å². The predicted molar refractivity (Wildman–Crippen MR) is 16.4 cm³/mol. The SMILES string of the molecule is Cl.O=N[O-].[Na+]. The Morgan fingerprint density at radius 2 is 1.60 bits per heavy atom. The molecule has 0 aliphatic carbocycles. The van der Waals surface area contributed by atoms with E-state index in [9.17, 15) is 0 Å². The third kappa shape index (κ3) is 71.3. The third-order valence-electron chi connectivity index (χ3n) is 0. The van der Waals surface area contributed by atoms with Gasteiger partial charge in [-0.1, -0.05) is 0 Å². The van der Waals surface area contributed by atoms with Gasteiger partial charge in [0.2, 0.25) is 0 Å². The minimum Gasteiger partial charge on any atom is -0.444 e. The van der Waals surface area contributed by atoms with Gasteiger partial charge in [0.1, 0.15) is 0 Å². The Bertz CT molecular complexity index is 17.1. The molecular formula is HClNNaO2. The number of nitrogens with zero attached hydrogens (tertiary/aromatic N) is 1. The minimum atomic E-state index is 0. The standard InChI is InChI=1S/ClH.HNO2.Na/c;2-1-3;/h1H;(H,2,3);/q;;+1/p-1. The van der Waals surface area contributed by atoms with Gasteiger partial charge in [-0.15, -0.1) is 17.7 Å². The van der Waals surface area contributed by atoms with Crippen LogP contribution in [0.15, 0.2) is 5.34 Å². The van der Waals surface area contributed by atoms with E-state index in [1.807, 2.05) is 0 Å². The molecule has 0 fully saturated rings. The van der Waals surface area contributed by atoms with Gasteiger partial charge in [-0.25, -0.2) is 0 Å². The second-order valence-corrected chi connectivity index (χ2v) is 0.0745. The summed E-state index contributed by atoms with van der Waals surface area (Å²) in [6, 6.07) is 0. The van der Waals surface area contributed by atoms with E-state index in [-0.39, 0.29) is 42.0 Å². The molecule has 5 heavy (non-hydrogen) atoms. The summed E-state index contributed by atoms with van der Waals surface area (Å²) < 4.78 is 0. The Morgan fingerprint density at radius 3 is 1.60 bits per heavy atom. The van der Waals surface area contributed by atoms with Gasteiger partial charge in [0, 0.05) is 0 Å². The normalized spacial score (nSPS) is 2.40. The number of hydrogen-bond acceptors (Lipinski definition) is 3. The zero-order valence-corrected chi connectivity index (χ0v) is 5.49. The monoisotopic (exact) mass is 105 g/mol. The number of halogens is 1. The van der Waals surface area contributed by atoms with Gasteiger partial charge in [-0.3, -0.25) is 0 Å². The molecule has 0 spiro atoms. The molecule has 0 aliphatic heterocycles. The van der Waals surface area contributed by atoms with Crippen LogP contribution in [0.1, 0.15) is 0 Å². The molecule has 0 aliphatic rings. The molecule has 3 nitrogen and oxygen atoms in total. The number of hydrogen-bond donors (Lipinski definition) is 0. The quantitative estimate of drug-likeness (QED) is 0.197. The molecule has 0 atom stereocenters. The second-order valence-electron chi connectivity index (χ2n) is 0.0745. The molecular weight excluding hydrogens is 104 g/mol. The van der Waals surface area contributed by atoms with E-state index in [0.29, 0.717) is 0 Å². The van der Waals surface area contributed by atoms with Crippen molar-refractivity contribution in [1.82, 2.24) is 0 Å². The van der Waals surface area contributed by atoms with Crippen LogP contribution in [0.5, 0.6) is 0 Å². The topological polar surface area (TPSA) is 52.5 Å². The molecule has 0 saturated heterocycles. The molecule has 0 bridgehead atoms. The fourth-order valence-corrected chi connectivity index (χ4v) is 0. The van der Waals surface area contributed by atoms with Gasteiger partial charge < -0.3 is 10.1 Å². The molecule has 0 aromatic rings. The van der Waals surface area contributed by atoms with Crippen molar-refractivity contribution in [2.45, 2.75) is 0 Å². The summed E-state index contributed by atoms with van der Waals surface area (Å²) in [5.74, 6) is 0. The van der Waals surface area contributed by atoms with E-state index in [4.69, 9.17) is 10.1 Å². The maximum Gasteiger partial charge on any atom is 1.00 e. The van der Waals surface area contributed by atoms with Gasteiger partial charge >= 0.3 is 29.6 Å². The maximum atomic E-state index is 8.00. The minimum absolute atomic E-state index is 0. The van der Waals surface area contributed by atoms with Crippen LogP contribution in [-0.4, -0.2) is 0 Å². The molecule has 0 unspecified atom stereocenters.